The van der Waals surface area contributed by atoms with Crippen molar-refractivity contribution in [2.45, 2.75) is 52.4 Å². The maximum Gasteiger partial charge on any atom is 0.337 e. The quantitative estimate of drug-likeness (QED) is 0.843. The molecule has 114 valence electrons. The molecular formula is C17H23NO3. The minimum Gasteiger partial charge on any atom is -0.512 e. The minimum atomic E-state index is -0.382. The fourth-order valence-corrected chi connectivity index (χ4v) is 2.41. The van der Waals surface area contributed by atoms with Gasteiger partial charge in [0, 0.05) is 17.8 Å². The summed E-state index contributed by atoms with van der Waals surface area (Å²) < 4.78 is 4.99. The van der Waals surface area contributed by atoms with Gasteiger partial charge in [-0.3, -0.25) is 4.98 Å². The lowest BCUT2D eigenvalue weighted by molar-refractivity contribution is -0.140. The lowest BCUT2D eigenvalue weighted by atomic mass is 9.99. The van der Waals surface area contributed by atoms with Crippen LogP contribution in [0, 0.1) is 0 Å². The Hall–Kier alpha value is -1.84. The molecule has 2 rings (SSSR count). The van der Waals surface area contributed by atoms with E-state index in [-0.39, 0.29) is 18.3 Å². The van der Waals surface area contributed by atoms with Gasteiger partial charge in [-0.25, -0.2) is 4.79 Å². The molecule has 0 spiro atoms. The van der Waals surface area contributed by atoms with Crippen LogP contribution < -0.4 is 0 Å². The van der Waals surface area contributed by atoms with Gasteiger partial charge in [-0.2, -0.15) is 0 Å². The van der Waals surface area contributed by atoms with E-state index in [0.717, 1.165) is 23.4 Å². The Balaban J connectivity index is 2.16. The number of pyridine rings is 1. The Morgan fingerprint density at radius 1 is 1.33 bits per heavy atom. The van der Waals surface area contributed by atoms with Crippen molar-refractivity contribution < 1.29 is 14.6 Å². The van der Waals surface area contributed by atoms with Crippen LogP contribution in [0.25, 0.3) is 0 Å². The summed E-state index contributed by atoms with van der Waals surface area (Å²) in [4.78, 5) is 16.3. The standard InChI is InChI=1S/C17H23NO3/c1-4-13-9-12(10-15(18-13)11(2)3)5-6-14-16(19)7-8-21-17(14)20/h9-11,19H,4-8H2,1-3H3. The Morgan fingerprint density at radius 2 is 2.10 bits per heavy atom. The van der Waals surface area contributed by atoms with E-state index in [1.165, 1.54) is 0 Å². The second-order valence-electron chi connectivity index (χ2n) is 5.71. The van der Waals surface area contributed by atoms with Crippen LogP contribution in [0.4, 0.5) is 0 Å². The molecule has 0 fully saturated rings. The van der Waals surface area contributed by atoms with Crippen LogP contribution in [0.1, 0.15) is 56.5 Å². The first kappa shape index (κ1) is 15.5. The molecule has 0 aromatic carbocycles. The molecule has 1 aliphatic rings. The number of carbonyl (C=O) groups is 1. The van der Waals surface area contributed by atoms with Gasteiger partial charge in [0.2, 0.25) is 0 Å². The van der Waals surface area contributed by atoms with E-state index in [9.17, 15) is 9.90 Å². The summed E-state index contributed by atoms with van der Waals surface area (Å²) in [6.07, 6.45) is 2.54. The Labute approximate surface area is 125 Å². The maximum absolute atomic E-state index is 11.7. The zero-order valence-corrected chi connectivity index (χ0v) is 13.0. The van der Waals surface area contributed by atoms with E-state index in [1.54, 1.807) is 0 Å². The highest BCUT2D eigenvalue weighted by Crippen LogP contribution is 2.22. The molecule has 0 radical (unpaired) electrons. The molecule has 4 heteroatoms. The van der Waals surface area contributed by atoms with Gasteiger partial charge >= 0.3 is 5.97 Å². The van der Waals surface area contributed by atoms with Crippen LogP contribution in [0.15, 0.2) is 23.5 Å². The average Bonchev–Trinajstić information content (AvgIpc) is 2.46. The lowest BCUT2D eigenvalue weighted by Gasteiger charge is -2.16. The van der Waals surface area contributed by atoms with Crippen molar-refractivity contribution in [2.24, 2.45) is 0 Å². The van der Waals surface area contributed by atoms with Gasteiger partial charge in [0.25, 0.3) is 0 Å². The Kier molecular flexibility index (Phi) is 4.99. The van der Waals surface area contributed by atoms with Crippen LogP contribution in [0.5, 0.6) is 0 Å². The van der Waals surface area contributed by atoms with Gasteiger partial charge in [0.15, 0.2) is 0 Å². The zero-order valence-electron chi connectivity index (χ0n) is 13.0. The van der Waals surface area contributed by atoms with E-state index < -0.39 is 0 Å². The molecule has 1 aromatic heterocycles. The van der Waals surface area contributed by atoms with E-state index >= 15 is 0 Å². The molecule has 21 heavy (non-hydrogen) atoms. The van der Waals surface area contributed by atoms with Crippen molar-refractivity contribution in [3.63, 3.8) is 0 Å². The Bertz CT molecular complexity index is 561. The van der Waals surface area contributed by atoms with E-state index in [2.05, 4.69) is 37.9 Å². The van der Waals surface area contributed by atoms with Crippen LogP contribution in [0.3, 0.4) is 0 Å². The molecule has 0 atom stereocenters. The third kappa shape index (κ3) is 3.84. The second-order valence-corrected chi connectivity index (χ2v) is 5.71. The third-order valence-electron chi connectivity index (χ3n) is 3.74. The molecule has 0 unspecified atom stereocenters. The molecule has 1 aromatic rings. The number of esters is 1. The van der Waals surface area contributed by atoms with Gasteiger partial charge < -0.3 is 9.84 Å². The number of aliphatic hydroxyl groups excluding tert-OH is 1. The van der Waals surface area contributed by atoms with Gasteiger partial charge in [-0.05, 0) is 42.9 Å². The summed E-state index contributed by atoms with van der Waals surface area (Å²) in [7, 11) is 0. The summed E-state index contributed by atoms with van der Waals surface area (Å²) in [5.74, 6) is 0.176. The first-order valence-corrected chi connectivity index (χ1v) is 7.59. The summed E-state index contributed by atoms with van der Waals surface area (Å²) in [5.41, 5.74) is 3.72. The highest BCUT2D eigenvalue weighted by Gasteiger charge is 2.21. The average molecular weight is 289 g/mol. The number of hydrogen-bond acceptors (Lipinski definition) is 4. The normalized spacial score (nSPS) is 15.5. The number of ether oxygens (including phenoxy) is 1. The molecule has 2 heterocycles. The predicted molar refractivity (Wildman–Crippen MR) is 81.3 cm³/mol. The minimum absolute atomic E-state index is 0.181. The van der Waals surface area contributed by atoms with Crippen molar-refractivity contribution >= 4 is 5.97 Å². The number of nitrogens with zero attached hydrogens (tertiary/aromatic N) is 1. The summed E-state index contributed by atoms with van der Waals surface area (Å²) >= 11 is 0. The topological polar surface area (TPSA) is 59.4 Å². The third-order valence-corrected chi connectivity index (χ3v) is 3.74. The van der Waals surface area contributed by atoms with Gasteiger partial charge in [0.05, 0.1) is 12.2 Å². The van der Waals surface area contributed by atoms with Crippen LogP contribution in [-0.2, 0) is 22.4 Å². The Morgan fingerprint density at radius 3 is 2.71 bits per heavy atom. The molecular weight excluding hydrogens is 266 g/mol. The van der Waals surface area contributed by atoms with Gasteiger partial charge in [-0.15, -0.1) is 0 Å². The van der Waals surface area contributed by atoms with Crippen molar-refractivity contribution in [1.82, 2.24) is 4.98 Å². The summed E-state index contributed by atoms with van der Waals surface area (Å²) in [5, 5.41) is 9.83. The highest BCUT2D eigenvalue weighted by molar-refractivity contribution is 5.89. The summed E-state index contributed by atoms with van der Waals surface area (Å²) in [6, 6.07) is 4.17. The van der Waals surface area contributed by atoms with Gasteiger partial charge in [-0.1, -0.05) is 20.8 Å². The largest absolute Gasteiger partial charge is 0.512 e. The molecule has 0 amide bonds. The maximum atomic E-state index is 11.7. The SMILES string of the molecule is CCc1cc(CCC2=C(O)CCOC2=O)cc(C(C)C)n1. The lowest BCUT2D eigenvalue weighted by Crippen LogP contribution is -2.18. The fourth-order valence-electron chi connectivity index (χ4n) is 2.41. The second kappa shape index (κ2) is 6.74. The number of cyclic esters (lactones) is 1. The fraction of sp³-hybridized carbons (Fsp3) is 0.529. The van der Waals surface area contributed by atoms with E-state index in [4.69, 9.17) is 4.74 Å². The number of aromatic nitrogens is 1. The molecule has 0 saturated carbocycles. The van der Waals surface area contributed by atoms with Gasteiger partial charge in [0.1, 0.15) is 5.76 Å². The number of aryl methyl sites for hydroxylation is 2. The number of aliphatic hydroxyl groups is 1. The zero-order chi connectivity index (χ0) is 15.4. The highest BCUT2D eigenvalue weighted by atomic mass is 16.5. The van der Waals surface area contributed by atoms with Crippen molar-refractivity contribution in [3.05, 3.63) is 40.4 Å². The number of carbonyl (C=O) groups excluding carboxylic acids is 1. The van der Waals surface area contributed by atoms with Crippen LogP contribution >= 0.6 is 0 Å². The van der Waals surface area contributed by atoms with Crippen molar-refractivity contribution in [1.29, 1.82) is 0 Å². The first-order chi connectivity index (χ1) is 10.0. The van der Waals surface area contributed by atoms with Crippen LogP contribution in [-0.4, -0.2) is 22.7 Å². The van der Waals surface area contributed by atoms with E-state index in [0.29, 0.717) is 30.8 Å². The number of rotatable bonds is 5. The molecule has 0 bridgehead atoms. The smallest absolute Gasteiger partial charge is 0.337 e. The first-order valence-electron chi connectivity index (χ1n) is 7.59. The monoisotopic (exact) mass is 289 g/mol. The number of hydrogen-bond donors (Lipinski definition) is 1. The molecule has 1 aliphatic heterocycles. The van der Waals surface area contributed by atoms with Crippen LogP contribution in [0.2, 0.25) is 0 Å². The molecule has 1 N–H and O–H groups in total. The van der Waals surface area contributed by atoms with E-state index in [1.807, 2.05) is 0 Å². The summed E-state index contributed by atoms with van der Waals surface area (Å²) in [6.45, 7) is 6.61. The van der Waals surface area contributed by atoms with Crippen molar-refractivity contribution in [3.8, 4) is 0 Å². The molecule has 4 nitrogen and oxygen atoms in total. The predicted octanol–water partition coefficient (Wildman–Crippen LogP) is 3.46. The molecule has 0 saturated heterocycles. The molecule has 0 aliphatic carbocycles. The van der Waals surface area contributed by atoms with Crippen molar-refractivity contribution in [2.75, 3.05) is 6.61 Å².